The summed E-state index contributed by atoms with van der Waals surface area (Å²) in [5.41, 5.74) is 3.11. The minimum atomic E-state index is -0.312. The van der Waals surface area contributed by atoms with Crippen molar-refractivity contribution in [2.75, 3.05) is 26.3 Å². The maximum absolute atomic E-state index is 13.1. The molecule has 21 heavy (non-hydrogen) atoms. The van der Waals surface area contributed by atoms with Crippen molar-refractivity contribution in [1.29, 1.82) is 0 Å². The first-order chi connectivity index (χ1) is 10.2. The Bertz CT molecular complexity index is 626. The van der Waals surface area contributed by atoms with Gasteiger partial charge in [-0.3, -0.25) is 4.90 Å². The van der Waals surface area contributed by atoms with E-state index in [1.807, 2.05) is 12.1 Å². The molecule has 0 atom stereocenters. The van der Waals surface area contributed by atoms with Gasteiger partial charge in [0.1, 0.15) is 5.82 Å². The quantitative estimate of drug-likeness (QED) is 0.850. The Morgan fingerprint density at radius 1 is 1.10 bits per heavy atom. The van der Waals surface area contributed by atoms with E-state index in [0.29, 0.717) is 5.02 Å². The molecule has 0 spiro atoms. The molecule has 0 amide bonds. The van der Waals surface area contributed by atoms with Crippen LogP contribution >= 0.6 is 11.6 Å². The summed E-state index contributed by atoms with van der Waals surface area (Å²) in [6, 6.07) is 12.8. The highest BCUT2D eigenvalue weighted by molar-refractivity contribution is 6.33. The molecule has 0 saturated carbocycles. The fourth-order valence-electron chi connectivity index (χ4n) is 2.58. The van der Waals surface area contributed by atoms with Crippen LogP contribution in [0.5, 0.6) is 0 Å². The summed E-state index contributed by atoms with van der Waals surface area (Å²) in [6.07, 6.45) is 0. The fourth-order valence-corrected chi connectivity index (χ4v) is 2.85. The summed E-state index contributed by atoms with van der Waals surface area (Å²) in [6.45, 7) is 4.41. The molecule has 1 aliphatic rings. The third-order valence-electron chi connectivity index (χ3n) is 3.68. The van der Waals surface area contributed by atoms with Crippen molar-refractivity contribution in [3.05, 3.63) is 58.9 Å². The normalized spacial score (nSPS) is 16.1. The Hall–Kier alpha value is -1.42. The monoisotopic (exact) mass is 305 g/mol. The number of halogens is 2. The van der Waals surface area contributed by atoms with Gasteiger partial charge in [0.15, 0.2) is 0 Å². The second-order valence-corrected chi connectivity index (χ2v) is 5.62. The minimum absolute atomic E-state index is 0.312. The van der Waals surface area contributed by atoms with E-state index in [1.54, 1.807) is 6.07 Å². The van der Waals surface area contributed by atoms with Crippen molar-refractivity contribution in [2.45, 2.75) is 6.54 Å². The van der Waals surface area contributed by atoms with Gasteiger partial charge >= 0.3 is 0 Å². The molecule has 4 heteroatoms. The molecule has 0 bridgehead atoms. The number of hydrogen-bond acceptors (Lipinski definition) is 2. The number of morpholine rings is 1. The fraction of sp³-hybridized carbons (Fsp3) is 0.294. The first kappa shape index (κ1) is 14.5. The topological polar surface area (TPSA) is 12.5 Å². The van der Waals surface area contributed by atoms with Gasteiger partial charge < -0.3 is 4.74 Å². The Morgan fingerprint density at radius 2 is 1.90 bits per heavy atom. The molecule has 1 fully saturated rings. The van der Waals surface area contributed by atoms with Crippen LogP contribution in [0, 0.1) is 5.82 Å². The van der Waals surface area contributed by atoms with Gasteiger partial charge in [0.25, 0.3) is 0 Å². The molecule has 1 saturated heterocycles. The van der Waals surface area contributed by atoms with Crippen LogP contribution < -0.4 is 0 Å². The van der Waals surface area contributed by atoms with Crippen LogP contribution in [-0.2, 0) is 11.3 Å². The smallest absolute Gasteiger partial charge is 0.124 e. The van der Waals surface area contributed by atoms with Crippen LogP contribution in [0.4, 0.5) is 4.39 Å². The Morgan fingerprint density at radius 3 is 2.67 bits per heavy atom. The first-order valence-corrected chi connectivity index (χ1v) is 7.44. The second kappa shape index (κ2) is 6.56. The van der Waals surface area contributed by atoms with Crippen LogP contribution in [0.2, 0.25) is 5.02 Å². The summed E-state index contributed by atoms with van der Waals surface area (Å²) in [4.78, 5) is 2.37. The van der Waals surface area contributed by atoms with Gasteiger partial charge in [-0.15, -0.1) is 0 Å². The minimum Gasteiger partial charge on any atom is -0.379 e. The van der Waals surface area contributed by atoms with Gasteiger partial charge in [-0.05, 0) is 35.4 Å². The molecule has 0 unspecified atom stereocenters. The lowest BCUT2D eigenvalue weighted by Gasteiger charge is -2.26. The number of hydrogen-bond donors (Lipinski definition) is 0. The highest BCUT2D eigenvalue weighted by Gasteiger charge is 2.11. The number of ether oxygens (including phenoxy) is 1. The largest absolute Gasteiger partial charge is 0.379 e. The first-order valence-electron chi connectivity index (χ1n) is 7.07. The lowest BCUT2D eigenvalue weighted by Crippen LogP contribution is -2.35. The Balaban J connectivity index is 1.82. The van der Waals surface area contributed by atoms with Crippen LogP contribution in [0.3, 0.4) is 0 Å². The number of benzene rings is 2. The predicted octanol–water partition coefficient (Wildman–Crippen LogP) is 3.98. The van der Waals surface area contributed by atoms with Gasteiger partial charge in [-0.2, -0.15) is 0 Å². The van der Waals surface area contributed by atoms with E-state index in [4.69, 9.17) is 16.3 Å². The zero-order valence-electron chi connectivity index (χ0n) is 11.7. The molecule has 110 valence electrons. The van der Waals surface area contributed by atoms with E-state index in [0.717, 1.165) is 44.0 Å². The van der Waals surface area contributed by atoms with Gasteiger partial charge in [0.05, 0.1) is 18.2 Å². The summed E-state index contributed by atoms with van der Waals surface area (Å²) in [7, 11) is 0. The van der Waals surface area contributed by atoms with Crippen LogP contribution in [0.1, 0.15) is 5.56 Å². The van der Waals surface area contributed by atoms with E-state index in [2.05, 4.69) is 17.0 Å². The highest BCUT2D eigenvalue weighted by atomic mass is 35.5. The molecule has 2 nitrogen and oxygen atoms in total. The van der Waals surface area contributed by atoms with Crippen molar-refractivity contribution < 1.29 is 9.13 Å². The van der Waals surface area contributed by atoms with E-state index < -0.39 is 0 Å². The molecule has 2 aromatic rings. The SMILES string of the molecule is Fc1ccc(-c2cccc(CN3CCOCC3)c2)c(Cl)c1. The molecular formula is C17H17ClFNO. The van der Waals surface area contributed by atoms with E-state index in [9.17, 15) is 4.39 Å². The summed E-state index contributed by atoms with van der Waals surface area (Å²) < 4.78 is 18.5. The van der Waals surface area contributed by atoms with Gasteiger partial charge in [0, 0.05) is 25.2 Å². The lowest BCUT2D eigenvalue weighted by molar-refractivity contribution is 0.0342. The predicted molar refractivity (Wildman–Crippen MR) is 82.9 cm³/mol. The molecule has 0 radical (unpaired) electrons. The van der Waals surface area contributed by atoms with Crippen LogP contribution in [-0.4, -0.2) is 31.2 Å². The standard InChI is InChI=1S/C17H17ClFNO/c18-17-11-15(19)4-5-16(17)14-3-1-2-13(10-14)12-20-6-8-21-9-7-20/h1-5,10-11H,6-9,12H2. The maximum Gasteiger partial charge on any atom is 0.124 e. The molecule has 0 N–H and O–H groups in total. The van der Waals surface area contributed by atoms with Crippen LogP contribution in [0.15, 0.2) is 42.5 Å². The summed E-state index contributed by atoms with van der Waals surface area (Å²) >= 11 is 6.14. The van der Waals surface area contributed by atoms with E-state index >= 15 is 0 Å². The lowest BCUT2D eigenvalue weighted by atomic mass is 10.0. The van der Waals surface area contributed by atoms with E-state index in [-0.39, 0.29) is 5.82 Å². The van der Waals surface area contributed by atoms with Crippen molar-refractivity contribution in [3.63, 3.8) is 0 Å². The summed E-state index contributed by atoms with van der Waals surface area (Å²) in [5, 5.41) is 0.443. The molecule has 3 rings (SSSR count). The Kier molecular flexibility index (Phi) is 4.54. The van der Waals surface area contributed by atoms with E-state index in [1.165, 1.54) is 17.7 Å². The average molecular weight is 306 g/mol. The highest BCUT2D eigenvalue weighted by Crippen LogP contribution is 2.29. The molecule has 0 aliphatic carbocycles. The number of nitrogens with zero attached hydrogens (tertiary/aromatic N) is 1. The molecule has 0 aromatic heterocycles. The zero-order valence-corrected chi connectivity index (χ0v) is 12.4. The van der Waals surface area contributed by atoms with Gasteiger partial charge in [-0.25, -0.2) is 4.39 Å². The Labute approximate surface area is 129 Å². The van der Waals surface area contributed by atoms with Crippen LogP contribution in [0.25, 0.3) is 11.1 Å². The average Bonchev–Trinajstić information content (AvgIpc) is 2.48. The van der Waals surface area contributed by atoms with Gasteiger partial charge in [-0.1, -0.05) is 29.8 Å². The summed E-state index contributed by atoms with van der Waals surface area (Å²) in [5.74, 6) is -0.312. The molecular weight excluding hydrogens is 289 g/mol. The molecule has 1 heterocycles. The number of rotatable bonds is 3. The van der Waals surface area contributed by atoms with Crippen molar-refractivity contribution in [2.24, 2.45) is 0 Å². The zero-order chi connectivity index (χ0) is 14.7. The van der Waals surface area contributed by atoms with Gasteiger partial charge in [0.2, 0.25) is 0 Å². The van der Waals surface area contributed by atoms with Crippen molar-refractivity contribution in [3.8, 4) is 11.1 Å². The third kappa shape index (κ3) is 3.62. The molecule has 2 aromatic carbocycles. The van der Waals surface area contributed by atoms with Crippen molar-refractivity contribution in [1.82, 2.24) is 4.90 Å². The third-order valence-corrected chi connectivity index (χ3v) is 3.99. The van der Waals surface area contributed by atoms with Crippen molar-refractivity contribution >= 4 is 11.6 Å². The molecule has 1 aliphatic heterocycles. The second-order valence-electron chi connectivity index (χ2n) is 5.21. The maximum atomic E-state index is 13.1.